The summed E-state index contributed by atoms with van der Waals surface area (Å²) in [6.07, 6.45) is 0. The molecule has 7 nitrogen and oxygen atoms in total. The largest absolute Gasteiger partial charge is 0.379 e. The lowest BCUT2D eigenvalue weighted by Gasteiger charge is -2.26. The fourth-order valence-electron chi connectivity index (χ4n) is 2.50. The Morgan fingerprint density at radius 2 is 2.00 bits per heavy atom. The Bertz CT molecular complexity index is 840. The number of amides is 1. The van der Waals surface area contributed by atoms with Gasteiger partial charge >= 0.3 is 0 Å². The molecule has 1 aromatic heterocycles. The molecule has 2 aromatic rings. The van der Waals surface area contributed by atoms with Gasteiger partial charge in [0.25, 0.3) is 5.91 Å². The van der Waals surface area contributed by atoms with Crippen LogP contribution in [0, 0.1) is 3.57 Å². The zero-order chi connectivity index (χ0) is 15.9. The summed E-state index contributed by atoms with van der Waals surface area (Å²) in [5.74, 6) is -0.793. The molecule has 9 heteroatoms. The van der Waals surface area contributed by atoms with Crippen LogP contribution in [0.25, 0.3) is 10.9 Å². The number of aromatic amines is 1. The van der Waals surface area contributed by atoms with E-state index in [1.165, 1.54) is 4.31 Å². The number of halogens is 1. The maximum absolute atomic E-state index is 12.9. The Balaban J connectivity index is 2.25. The molecule has 1 fully saturated rings. The van der Waals surface area contributed by atoms with Crippen LogP contribution in [-0.2, 0) is 14.8 Å². The lowest BCUT2D eigenvalue weighted by Crippen LogP contribution is -2.41. The van der Waals surface area contributed by atoms with Crippen LogP contribution in [0.2, 0.25) is 0 Å². The number of nitrogens with zero attached hydrogens (tertiary/aromatic N) is 1. The molecule has 2 heterocycles. The van der Waals surface area contributed by atoms with E-state index in [0.717, 1.165) is 3.57 Å². The van der Waals surface area contributed by atoms with Crippen molar-refractivity contribution in [2.75, 3.05) is 26.3 Å². The third-order valence-electron chi connectivity index (χ3n) is 3.53. The van der Waals surface area contributed by atoms with Crippen molar-refractivity contribution in [3.63, 3.8) is 0 Å². The highest BCUT2D eigenvalue weighted by Crippen LogP contribution is 2.31. The summed E-state index contributed by atoms with van der Waals surface area (Å²) in [7, 11) is -3.82. The number of sulfonamides is 1. The number of carbonyl (C=O) groups is 1. The van der Waals surface area contributed by atoms with E-state index in [-0.39, 0.29) is 23.7 Å². The highest BCUT2D eigenvalue weighted by molar-refractivity contribution is 14.1. The van der Waals surface area contributed by atoms with Crippen molar-refractivity contribution in [3.8, 4) is 0 Å². The minimum absolute atomic E-state index is 0.0459. The number of nitrogens with two attached hydrogens (primary N) is 1. The number of morpholine rings is 1. The second-order valence-electron chi connectivity index (χ2n) is 4.90. The molecule has 1 saturated heterocycles. The first-order chi connectivity index (χ1) is 10.4. The molecule has 0 aliphatic carbocycles. The molecule has 3 N–H and O–H groups in total. The van der Waals surface area contributed by atoms with Gasteiger partial charge in [-0.1, -0.05) is 0 Å². The molecule has 0 atom stereocenters. The third-order valence-corrected chi connectivity index (χ3v) is 6.18. The Labute approximate surface area is 141 Å². The second kappa shape index (κ2) is 5.80. The average Bonchev–Trinajstić information content (AvgIpc) is 2.87. The van der Waals surface area contributed by atoms with Gasteiger partial charge < -0.3 is 15.5 Å². The Hall–Kier alpha value is -1.17. The van der Waals surface area contributed by atoms with Gasteiger partial charge in [0, 0.05) is 27.6 Å². The summed E-state index contributed by atoms with van der Waals surface area (Å²) >= 11 is 2.10. The van der Waals surface area contributed by atoms with Crippen LogP contribution < -0.4 is 5.73 Å². The number of ether oxygens (including phenoxy) is 1. The molecule has 1 aliphatic heterocycles. The second-order valence-corrected chi connectivity index (χ2v) is 8.02. The maximum Gasteiger partial charge on any atom is 0.266 e. The van der Waals surface area contributed by atoms with Crippen molar-refractivity contribution in [1.82, 2.24) is 9.29 Å². The normalized spacial score (nSPS) is 17.0. The third kappa shape index (κ3) is 2.62. The highest BCUT2D eigenvalue weighted by Gasteiger charge is 2.33. The molecule has 0 unspecified atom stereocenters. The number of hydrogen-bond acceptors (Lipinski definition) is 4. The summed E-state index contributed by atoms with van der Waals surface area (Å²) < 4.78 is 33.3. The molecule has 1 aromatic carbocycles. The fourth-order valence-corrected chi connectivity index (χ4v) is 4.73. The molecule has 1 amide bonds. The maximum atomic E-state index is 12.9. The summed E-state index contributed by atoms with van der Waals surface area (Å²) in [4.78, 5) is 14.5. The van der Waals surface area contributed by atoms with Crippen LogP contribution in [0.3, 0.4) is 0 Å². The standard InChI is InChI=1S/C13H14IN3O4S/c14-8-1-2-10-9(7-8)12(11(16-10)13(15)18)22(19,20)17-3-5-21-6-4-17/h1-2,7,16H,3-6H2,(H2,15,18). The van der Waals surface area contributed by atoms with E-state index in [1.54, 1.807) is 12.1 Å². The van der Waals surface area contributed by atoms with Crippen molar-refractivity contribution in [3.05, 3.63) is 27.5 Å². The van der Waals surface area contributed by atoms with E-state index in [4.69, 9.17) is 10.5 Å². The molecule has 1 aliphatic rings. The van der Waals surface area contributed by atoms with Crippen LogP contribution in [0.4, 0.5) is 0 Å². The molecular formula is C13H14IN3O4S. The number of fused-ring (bicyclic) bond motifs is 1. The lowest BCUT2D eigenvalue weighted by molar-refractivity contribution is 0.0730. The molecule has 0 bridgehead atoms. The van der Waals surface area contributed by atoms with Crippen molar-refractivity contribution in [2.45, 2.75) is 4.90 Å². The first kappa shape index (κ1) is 15.7. The smallest absolute Gasteiger partial charge is 0.266 e. The Morgan fingerprint density at radius 3 is 2.64 bits per heavy atom. The predicted octanol–water partition coefficient (Wildman–Crippen LogP) is 0.892. The molecule has 3 rings (SSSR count). The van der Waals surface area contributed by atoms with E-state index in [0.29, 0.717) is 24.1 Å². The van der Waals surface area contributed by atoms with Gasteiger partial charge in [0.1, 0.15) is 10.6 Å². The number of rotatable bonds is 3. The topological polar surface area (TPSA) is 105 Å². The van der Waals surface area contributed by atoms with Crippen LogP contribution in [0.5, 0.6) is 0 Å². The van der Waals surface area contributed by atoms with Crippen molar-refractivity contribution < 1.29 is 17.9 Å². The predicted molar refractivity (Wildman–Crippen MR) is 89.1 cm³/mol. The first-order valence-corrected chi connectivity index (χ1v) is 9.12. The first-order valence-electron chi connectivity index (χ1n) is 6.60. The number of benzene rings is 1. The van der Waals surface area contributed by atoms with Gasteiger partial charge in [-0.25, -0.2) is 8.42 Å². The number of carbonyl (C=O) groups excluding carboxylic acids is 1. The Morgan fingerprint density at radius 1 is 1.32 bits per heavy atom. The van der Waals surface area contributed by atoms with Gasteiger partial charge in [0.05, 0.1) is 13.2 Å². The molecular weight excluding hydrogens is 421 g/mol. The molecule has 118 valence electrons. The van der Waals surface area contributed by atoms with Crippen LogP contribution in [0.15, 0.2) is 23.1 Å². The fraction of sp³-hybridized carbons (Fsp3) is 0.308. The van der Waals surface area contributed by atoms with Crippen molar-refractivity contribution in [1.29, 1.82) is 0 Å². The summed E-state index contributed by atoms with van der Waals surface area (Å²) in [5.41, 5.74) is 5.85. The van der Waals surface area contributed by atoms with Crippen molar-refractivity contribution in [2.24, 2.45) is 5.73 Å². The van der Waals surface area contributed by atoms with E-state index >= 15 is 0 Å². The summed E-state index contributed by atoms with van der Waals surface area (Å²) in [6.45, 7) is 1.20. The number of hydrogen-bond donors (Lipinski definition) is 2. The van der Waals surface area contributed by atoms with Gasteiger partial charge in [0.2, 0.25) is 10.0 Å². The molecule has 0 radical (unpaired) electrons. The van der Waals surface area contributed by atoms with E-state index in [9.17, 15) is 13.2 Å². The Kier molecular flexibility index (Phi) is 4.14. The zero-order valence-electron chi connectivity index (χ0n) is 11.5. The summed E-state index contributed by atoms with van der Waals surface area (Å²) in [5, 5.41) is 0.479. The summed E-state index contributed by atoms with van der Waals surface area (Å²) in [6, 6.07) is 5.29. The van der Waals surface area contributed by atoms with E-state index in [2.05, 4.69) is 27.6 Å². The molecule has 0 spiro atoms. The van der Waals surface area contributed by atoms with Gasteiger partial charge in [-0.15, -0.1) is 0 Å². The minimum atomic E-state index is -3.82. The quantitative estimate of drug-likeness (QED) is 0.699. The van der Waals surface area contributed by atoms with Crippen LogP contribution in [-0.4, -0.2) is 49.9 Å². The number of H-pyrrole nitrogens is 1. The van der Waals surface area contributed by atoms with Gasteiger partial charge in [-0.3, -0.25) is 4.79 Å². The monoisotopic (exact) mass is 435 g/mol. The number of aromatic nitrogens is 1. The van der Waals surface area contributed by atoms with Crippen molar-refractivity contribution >= 4 is 49.4 Å². The van der Waals surface area contributed by atoms with E-state index < -0.39 is 15.9 Å². The SMILES string of the molecule is NC(=O)c1[nH]c2ccc(I)cc2c1S(=O)(=O)N1CCOCC1. The number of nitrogens with one attached hydrogen (secondary N) is 1. The van der Waals surface area contributed by atoms with Gasteiger partial charge in [-0.2, -0.15) is 4.31 Å². The van der Waals surface area contributed by atoms with E-state index in [1.807, 2.05) is 6.07 Å². The van der Waals surface area contributed by atoms with Crippen LogP contribution in [0.1, 0.15) is 10.5 Å². The van der Waals surface area contributed by atoms with Crippen LogP contribution >= 0.6 is 22.6 Å². The van der Waals surface area contributed by atoms with Gasteiger partial charge in [-0.05, 0) is 40.8 Å². The highest BCUT2D eigenvalue weighted by atomic mass is 127. The van der Waals surface area contributed by atoms with Gasteiger partial charge in [0.15, 0.2) is 0 Å². The molecule has 22 heavy (non-hydrogen) atoms. The lowest BCUT2D eigenvalue weighted by atomic mass is 10.2. The average molecular weight is 435 g/mol. The minimum Gasteiger partial charge on any atom is -0.379 e. The molecule has 0 saturated carbocycles. The zero-order valence-corrected chi connectivity index (χ0v) is 14.5. The number of primary amides is 1.